The summed E-state index contributed by atoms with van der Waals surface area (Å²) in [4.78, 5) is 2.49. The Bertz CT molecular complexity index is 797. The molecule has 0 radical (unpaired) electrons. The number of likely N-dealkylation sites (tertiary alicyclic amines) is 1. The molecule has 0 unspecified atom stereocenters. The summed E-state index contributed by atoms with van der Waals surface area (Å²) in [5, 5.41) is 0. The Kier molecular flexibility index (Phi) is 2.68. The number of benzene rings is 1. The highest BCUT2D eigenvalue weighted by atomic mass is 16.8. The quantitative estimate of drug-likeness (QED) is 0.731. The number of likely N-dealkylation sites (N-methyl/N-ethyl adjacent to an activating group) is 1. The molecule has 2 bridgehead atoms. The van der Waals surface area contributed by atoms with E-state index in [1.165, 1.54) is 16.7 Å². The third-order valence-corrected chi connectivity index (χ3v) is 7.02. The summed E-state index contributed by atoms with van der Waals surface area (Å²) in [6.07, 6.45) is 5.12. The van der Waals surface area contributed by atoms with Crippen LogP contribution in [0.4, 0.5) is 0 Å². The predicted molar refractivity (Wildman–Crippen MR) is 91.2 cm³/mol. The molecule has 25 heavy (non-hydrogen) atoms. The van der Waals surface area contributed by atoms with Gasteiger partial charge >= 0.3 is 0 Å². The molecular formula is C20H23NO4. The van der Waals surface area contributed by atoms with Gasteiger partial charge in [-0.1, -0.05) is 12.1 Å². The second kappa shape index (κ2) is 4.58. The topological polar surface area (TPSA) is 40.2 Å². The number of piperidine rings is 1. The molecule has 0 aromatic heterocycles. The first kappa shape index (κ1) is 14.6. The van der Waals surface area contributed by atoms with Crippen molar-refractivity contribution in [1.29, 1.82) is 0 Å². The van der Waals surface area contributed by atoms with Gasteiger partial charge in [0.1, 0.15) is 0 Å². The van der Waals surface area contributed by atoms with E-state index in [1.54, 1.807) is 7.11 Å². The van der Waals surface area contributed by atoms with Crippen LogP contribution >= 0.6 is 0 Å². The molecule has 1 aromatic carbocycles. The molecule has 2 aliphatic carbocycles. The van der Waals surface area contributed by atoms with Crippen LogP contribution in [-0.4, -0.2) is 56.7 Å². The highest BCUT2D eigenvalue weighted by Crippen LogP contribution is 2.64. The van der Waals surface area contributed by atoms with Crippen LogP contribution in [0.5, 0.6) is 11.5 Å². The normalized spacial score (nSPS) is 36.8. The Morgan fingerprint density at radius 2 is 2.08 bits per heavy atom. The van der Waals surface area contributed by atoms with Gasteiger partial charge in [0.05, 0.1) is 25.7 Å². The number of hydrogen-bond donors (Lipinski definition) is 0. The van der Waals surface area contributed by atoms with Crippen molar-refractivity contribution >= 4 is 0 Å². The van der Waals surface area contributed by atoms with E-state index in [9.17, 15) is 0 Å². The standard InChI is InChI=1S/C20H23NO4/c1-21-8-7-19-13-5-6-20(23-9-10-24-20)18(19)25-17-15(22-2)4-3-12(16(17)19)11-14(13)21/h3-5,14,18H,6-11H2,1-2H3/t14-,18+,19-/m0/s1. The Balaban J connectivity index is 1.66. The maximum Gasteiger partial charge on any atom is 0.210 e. The van der Waals surface area contributed by atoms with E-state index in [0.29, 0.717) is 19.3 Å². The maximum absolute atomic E-state index is 6.64. The number of nitrogens with zero attached hydrogens (tertiary/aromatic N) is 1. The van der Waals surface area contributed by atoms with Crippen LogP contribution in [-0.2, 0) is 21.3 Å². The fraction of sp³-hybridized carbons (Fsp3) is 0.600. The van der Waals surface area contributed by atoms with Crippen LogP contribution in [0, 0.1) is 0 Å². The number of ether oxygens (including phenoxy) is 4. The molecule has 3 aliphatic heterocycles. The molecular weight excluding hydrogens is 318 g/mol. The molecule has 6 rings (SSSR count). The highest BCUT2D eigenvalue weighted by molar-refractivity contribution is 5.66. The van der Waals surface area contributed by atoms with Gasteiger partial charge in [0.15, 0.2) is 17.6 Å². The largest absolute Gasteiger partial charge is 0.493 e. The zero-order valence-electron chi connectivity index (χ0n) is 14.7. The second-order valence-electron chi connectivity index (χ2n) is 7.92. The molecule has 5 heteroatoms. The fourth-order valence-electron chi connectivity index (χ4n) is 5.99. The minimum atomic E-state index is -0.650. The average molecular weight is 341 g/mol. The first-order valence-corrected chi connectivity index (χ1v) is 9.25. The van der Waals surface area contributed by atoms with E-state index >= 15 is 0 Å². The molecule has 5 aliphatic rings. The molecule has 5 nitrogen and oxygen atoms in total. The van der Waals surface area contributed by atoms with E-state index in [-0.39, 0.29) is 11.5 Å². The van der Waals surface area contributed by atoms with Crippen molar-refractivity contribution < 1.29 is 18.9 Å². The SMILES string of the molecule is COc1ccc2c3c1O[C@H]1C4(CC=C5[C@H](C2)N(C)CC[C@]531)OCCO4. The lowest BCUT2D eigenvalue weighted by molar-refractivity contribution is -0.226. The van der Waals surface area contributed by atoms with Crippen LogP contribution in [0.15, 0.2) is 23.8 Å². The molecule has 0 N–H and O–H groups in total. The molecule has 1 aromatic rings. The van der Waals surface area contributed by atoms with Crippen molar-refractivity contribution in [1.82, 2.24) is 4.90 Å². The Labute approximate surface area is 147 Å². The minimum absolute atomic E-state index is 0.121. The Morgan fingerprint density at radius 1 is 1.24 bits per heavy atom. The molecule has 132 valence electrons. The van der Waals surface area contributed by atoms with Crippen molar-refractivity contribution in [3.8, 4) is 11.5 Å². The summed E-state index contributed by atoms with van der Waals surface area (Å²) in [6, 6.07) is 4.73. The molecule has 0 amide bonds. The number of hydrogen-bond acceptors (Lipinski definition) is 5. The van der Waals surface area contributed by atoms with Gasteiger partial charge < -0.3 is 18.9 Å². The highest BCUT2D eigenvalue weighted by Gasteiger charge is 2.68. The lowest BCUT2D eigenvalue weighted by atomic mass is 9.55. The molecule has 2 spiro atoms. The first-order valence-electron chi connectivity index (χ1n) is 9.25. The summed E-state index contributed by atoms with van der Waals surface area (Å²) in [5.41, 5.74) is 4.11. The van der Waals surface area contributed by atoms with Crippen molar-refractivity contribution in [3.63, 3.8) is 0 Å². The van der Waals surface area contributed by atoms with E-state index in [2.05, 4.69) is 30.2 Å². The van der Waals surface area contributed by atoms with Crippen molar-refractivity contribution in [2.75, 3.05) is 33.9 Å². The monoisotopic (exact) mass is 341 g/mol. The van der Waals surface area contributed by atoms with Gasteiger partial charge in [-0.3, -0.25) is 4.90 Å². The number of fused-ring (bicyclic) bond motifs is 1. The van der Waals surface area contributed by atoms with Crippen molar-refractivity contribution in [2.24, 2.45) is 0 Å². The van der Waals surface area contributed by atoms with Crippen LogP contribution in [0.25, 0.3) is 0 Å². The van der Waals surface area contributed by atoms with Gasteiger partial charge in [0.2, 0.25) is 5.79 Å². The maximum atomic E-state index is 6.64. The Morgan fingerprint density at radius 3 is 2.88 bits per heavy atom. The predicted octanol–water partition coefficient (Wildman–Crippen LogP) is 2.03. The molecule has 2 fully saturated rings. The number of rotatable bonds is 1. The summed E-state index contributed by atoms with van der Waals surface area (Å²) in [7, 11) is 3.96. The first-order chi connectivity index (χ1) is 12.2. The third-order valence-electron chi connectivity index (χ3n) is 7.02. The lowest BCUT2D eigenvalue weighted by Crippen LogP contribution is -2.65. The minimum Gasteiger partial charge on any atom is -0.493 e. The summed E-state index contributed by atoms with van der Waals surface area (Å²) in [5.74, 6) is 1.09. The van der Waals surface area contributed by atoms with Gasteiger partial charge in [-0.2, -0.15) is 0 Å². The summed E-state index contributed by atoms with van der Waals surface area (Å²) in [6.45, 7) is 2.35. The van der Waals surface area contributed by atoms with Crippen LogP contribution in [0.1, 0.15) is 24.0 Å². The van der Waals surface area contributed by atoms with Gasteiger partial charge in [0, 0.05) is 18.0 Å². The summed E-state index contributed by atoms with van der Waals surface area (Å²) < 4.78 is 24.6. The average Bonchev–Trinajstić information content (AvgIpc) is 3.23. The van der Waals surface area contributed by atoms with Crippen LogP contribution in [0.3, 0.4) is 0 Å². The van der Waals surface area contributed by atoms with E-state index in [4.69, 9.17) is 18.9 Å². The van der Waals surface area contributed by atoms with Gasteiger partial charge in [-0.05, 0) is 43.6 Å². The Hall–Kier alpha value is -1.56. The van der Waals surface area contributed by atoms with Gasteiger partial charge in [-0.25, -0.2) is 0 Å². The van der Waals surface area contributed by atoms with E-state index < -0.39 is 5.79 Å². The smallest absolute Gasteiger partial charge is 0.210 e. The van der Waals surface area contributed by atoms with Crippen LogP contribution in [0.2, 0.25) is 0 Å². The van der Waals surface area contributed by atoms with E-state index in [0.717, 1.165) is 37.3 Å². The molecule has 3 heterocycles. The van der Waals surface area contributed by atoms with E-state index in [1.807, 2.05) is 0 Å². The zero-order chi connectivity index (χ0) is 16.8. The van der Waals surface area contributed by atoms with Crippen molar-refractivity contribution in [3.05, 3.63) is 34.9 Å². The van der Waals surface area contributed by atoms with Gasteiger partial charge in [-0.15, -0.1) is 0 Å². The van der Waals surface area contributed by atoms with Crippen LogP contribution < -0.4 is 9.47 Å². The fourth-order valence-corrected chi connectivity index (χ4v) is 5.99. The number of methoxy groups -OCH3 is 1. The summed E-state index contributed by atoms with van der Waals surface area (Å²) >= 11 is 0. The molecule has 0 saturated carbocycles. The van der Waals surface area contributed by atoms with Crippen molar-refractivity contribution in [2.45, 2.75) is 42.6 Å². The van der Waals surface area contributed by atoms with Gasteiger partial charge in [0.25, 0.3) is 0 Å². The lowest BCUT2D eigenvalue weighted by Gasteiger charge is -2.56. The second-order valence-corrected chi connectivity index (χ2v) is 7.92. The third kappa shape index (κ3) is 1.52. The molecule has 2 saturated heterocycles. The zero-order valence-corrected chi connectivity index (χ0v) is 14.7. The molecule has 3 atom stereocenters.